The Hall–Kier alpha value is -1.67. The zero-order valence-corrected chi connectivity index (χ0v) is 20.3. The van der Waals surface area contributed by atoms with Crippen molar-refractivity contribution in [3.8, 4) is 0 Å². The molecule has 2 saturated carbocycles. The third-order valence-electron chi connectivity index (χ3n) is 8.72. The molecule has 4 fully saturated rings. The summed E-state index contributed by atoms with van der Waals surface area (Å²) in [5.41, 5.74) is -0.852. The van der Waals surface area contributed by atoms with Crippen LogP contribution in [0.2, 0.25) is 0 Å². The molecular weight excluding hydrogens is 426 g/mol. The van der Waals surface area contributed by atoms with E-state index < -0.39 is 41.7 Å². The molecule has 9 atom stereocenters. The van der Waals surface area contributed by atoms with Gasteiger partial charge in [0.2, 0.25) is 0 Å². The first-order chi connectivity index (χ1) is 15.6. The average molecular weight is 466 g/mol. The van der Waals surface area contributed by atoms with Crippen molar-refractivity contribution >= 4 is 17.9 Å². The number of fused-ring (bicyclic) bond motifs is 2. The van der Waals surface area contributed by atoms with Crippen molar-refractivity contribution in [1.29, 1.82) is 0 Å². The number of carbonyl (C=O) groups is 3. The molecule has 8 heteroatoms. The highest BCUT2D eigenvalue weighted by atomic mass is 16.6. The molecule has 2 saturated heterocycles. The summed E-state index contributed by atoms with van der Waals surface area (Å²) in [7, 11) is 0. The zero-order chi connectivity index (χ0) is 23.9. The first kappa shape index (κ1) is 24.5. The van der Waals surface area contributed by atoms with E-state index in [1.54, 1.807) is 0 Å². The summed E-state index contributed by atoms with van der Waals surface area (Å²) < 4.78 is 17.3. The van der Waals surface area contributed by atoms with Crippen molar-refractivity contribution in [2.75, 3.05) is 19.6 Å². The van der Waals surface area contributed by atoms with Crippen LogP contribution in [0.15, 0.2) is 0 Å². The van der Waals surface area contributed by atoms with Gasteiger partial charge in [-0.05, 0) is 38.3 Å². The Kier molecular flexibility index (Phi) is 7.06. The maximum Gasteiger partial charge on any atom is 0.311 e. The minimum atomic E-state index is -0.925. The maximum atomic E-state index is 13.0. The molecule has 1 N–H and O–H groups in total. The highest BCUT2D eigenvalue weighted by molar-refractivity contribution is 5.76. The number of aliphatic hydroxyl groups excluding tert-OH is 1. The Labute approximate surface area is 196 Å². The lowest BCUT2D eigenvalue weighted by Crippen LogP contribution is -2.52. The van der Waals surface area contributed by atoms with Crippen molar-refractivity contribution in [1.82, 2.24) is 4.90 Å². The molecule has 0 amide bonds. The van der Waals surface area contributed by atoms with Gasteiger partial charge in [-0.1, -0.05) is 26.7 Å². The Balaban J connectivity index is 1.67. The lowest BCUT2D eigenvalue weighted by Gasteiger charge is -2.43. The summed E-state index contributed by atoms with van der Waals surface area (Å²) in [5, 5.41) is 11.9. The van der Waals surface area contributed by atoms with E-state index in [0.717, 1.165) is 25.9 Å². The Morgan fingerprint density at radius 3 is 2.33 bits per heavy atom. The van der Waals surface area contributed by atoms with E-state index in [2.05, 4.69) is 11.8 Å². The molecule has 8 nitrogen and oxygen atoms in total. The predicted octanol–water partition coefficient (Wildman–Crippen LogP) is 2.31. The molecule has 0 aromatic rings. The van der Waals surface area contributed by atoms with Crippen molar-refractivity contribution in [2.24, 2.45) is 29.1 Å². The van der Waals surface area contributed by atoms with Gasteiger partial charge in [0.25, 0.3) is 0 Å². The lowest BCUT2D eigenvalue weighted by atomic mass is 9.66. The summed E-state index contributed by atoms with van der Waals surface area (Å²) in [6.45, 7) is 9.22. The standard InChI is InChI=1S/C25H39NO7/c1-14-11-18-21(17(24(30)33-18)13-26-9-7-5-6-8-10-26)23(29)25(4)20(32-16(3)28)12-19(22(14)25)31-15(2)27/h14,17-23,29H,5-13H2,1-4H3/t14-,17+,18+,19+,20+,21-,22+,23+,25-/m1/s1. The largest absolute Gasteiger partial charge is 0.462 e. The van der Waals surface area contributed by atoms with E-state index in [1.807, 2.05) is 6.92 Å². The molecule has 0 aromatic carbocycles. The number of esters is 3. The van der Waals surface area contributed by atoms with Crippen LogP contribution in [0.25, 0.3) is 0 Å². The third-order valence-corrected chi connectivity index (χ3v) is 8.72. The highest BCUT2D eigenvalue weighted by Crippen LogP contribution is 2.59. The Bertz CT molecular complexity index is 764. The second-order valence-corrected chi connectivity index (χ2v) is 10.9. The molecule has 0 aromatic heterocycles. The molecule has 0 spiro atoms. The number of likely N-dealkylation sites (tertiary alicyclic amines) is 1. The fourth-order valence-electron chi connectivity index (χ4n) is 7.38. The van der Waals surface area contributed by atoms with Crippen LogP contribution in [-0.2, 0) is 28.6 Å². The van der Waals surface area contributed by atoms with Crippen LogP contribution >= 0.6 is 0 Å². The van der Waals surface area contributed by atoms with Crippen LogP contribution in [0, 0.1) is 29.1 Å². The molecule has 0 radical (unpaired) electrons. The fraction of sp³-hybridized carbons (Fsp3) is 0.880. The highest BCUT2D eigenvalue weighted by Gasteiger charge is 2.67. The van der Waals surface area contributed by atoms with Gasteiger partial charge in [-0.15, -0.1) is 0 Å². The number of carbonyl (C=O) groups excluding carboxylic acids is 3. The van der Waals surface area contributed by atoms with Gasteiger partial charge in [0.1, 0.15) is 18.3 Å². The molecule has 4 rings (SSSR count). The van der Waals surface area contributed by atoms with Gasteiger partial charge in [-0.2, -0.15) is 0 Å². The summed E-state index contributed by atoms with van der Waals surface area (Å²) in [4.78, 5) is 39.2. The van der Waals surface area contributed by atoms with Crippen molar-refractivity contribution in [3.05, 3.63) is 0 Å². The van der Waals surface area contributed by atoms with Gasteiger partial charge in [0.15, 0.2) is 0 Å². The van der Waals surface area contributed by atoms with E-state index in [9.17, 15) is 19.5 Å². The van der Waals surface area contributed by atoms with E-state index in [4.69, 9.17) is 14.2 Å². The summed E-state index contributed by atoms with van der Waals surface area (Å²) in [5.74, 6) is -2.05. The zero-order valence-electron chi connectivity index (χ0n) is 20.3. The van der Waals surface area contributed by atoms with Crippen LogP contribution in [0.3, 0.4) is 0 Å². The topological polar surface area (TPSA) is 102 Å². The summed E-state index contributed by atoms with van der Waals surface area (Å²) >= 11 is 0. The van der Waals surface area contributed by atoms with E-state index in [1.165, 1.54) is 26.7 Å². The van der Waals surface area contributed by atoms with Gasteiger partial charge in [0, 0.05) is 44.1 Å². The molecule has 4 aliphatic rings. The predicted molar refractivity (Wildman–Crippen MR) is 119 cm³/mol. The molecular formula is C25H39NO7. The van der Waals surface area contributed by atoms with E-state index in [0.29, 0.717) is 19.4 Å². The Morgan fingerprint density at radius 2 is 1.73 bits per heavy atom. The Morgan fingerprint density at radius 1 is 1.09 bits per heavy atom. The smallest absolute Gasteiger partial charge is 0.311 e. The summed E-state index contributed by atoms with van der Waals surface area (Å²) in [6, 6.07) is 0. The van der Waals surface area contributed by atoms with E-state index in [-0.39, 0.29) is 29.7 Å². The van der Waals surface area contributed by atoms with Gasteiger partial charge < -0.3 is 24.2 Å². The molecule has 0 bridgehead atoms. The monoisotopic (exact) mass is 465 g/mol. The summed E-state index contributed by atoms with van der Waals surface area (Å²) in [6.07, 6.45) is 3.22. The van der Waals surface area contributed by atoms with Crippen LogP contribution in [0.5, 0.6) is 0 Å². The average Bonchev–Trinajstić information content (AvgIpc) is 2.99. The second-order valence-electron chi connectivity index (χ2n) is 10.9. The minimum absolute atomic E-state index is 0.00861. The van der Waals surface area contributed by atoms with Crippen LogP contribution in [0.4, 0.5) is 0 Å². The first-order valence-corrected chi connectivity index (χ1v) is 12.6. The molecule has 2 aliphatic carbocycles. The number of nitrogens with zero attached hydrogens (tertiary/aromatic N) is 1. The van der Waals surface area contributed by atoms with Crippen LogP contribution < -0.4 is 0 Å². The number of hydrogen-bond acceptors (Lipinski definition) is 8. The second kappa shape index (κ2) is 9.53. The third kappa shape index (κ3) is 4.53. The van der Waals surface area contributed by atoms with Gasteiger partial charge in [-0.25, -0.2) is 0 Å². The van der Waals surface area contributed by atoms with Crippen LogP contribution in [0.1, 0.15) is 66.2 Å². The van der Waals surface area contributed by atoms with E-state index >= 15 is 0 Å². The number of hydrogen-bond donors (Lipinski definition) is 1. The van der Waals surface area contributed by atoms with Gasteiger partial charge in [0.05, 0.1) is 12.0 Å². The minimum Gasteiger partial charge on any atom is -0.462 e. The first-order valence-electron chi connectivity index (χ1n) is 12.6. The number of rotatable bonds is 4. The molecule has 2 heterocycles. The van der Waals surface area contributed by atoms with Crippen molar-refractivity contribution in [2.45, 2.75) is 90.6 Å². The van der Waals surface area contributed by atoms with Crippen molar-refractivity contribution < 1.29 is 33.7 Å². The fourth-order valence-corrected chi connectivity index (χ4v) is 7.38. The van der Waals surface area contributed by atoms with Gasteiger partial charge in [-0.3, -0.25) is 14.4 Å². The molecule has 0 unspecified atom stereocenters. The number of aliphatic hydroxyl groups is 1. The SMILES string of the molecule is CC(=O)O[C@H]1C[C@H](OC(C)=O)[C@]2(C)[C@H]1[C@H](C)C[C@@H]1OC(=O)[C@@H](CN3CCCCCC3)[C@H]1[C@@H]2O. The molecule has 33 heavy (non-hydrogen) atoms. The normalized spacial score (nSPS) is 43.6. The lowest BCUT2D eigenvalue weighted by molar-refractivity contribution is -0.165. The molecule has 2 aliphatic heterocycles. The quantitative estimate of drug-likeness (QED) is 0.499. The van der Waals surface area contributed by atoms with Gasteiger partial charge >= 0.3 is 17.9 Å². The molecule has 186 valence electrons. The van der Waals surface area contributed by atoms with Crippen LogP contribution in [-0.4, -0.2) is 72.0 Å². The maximum absolute atomic E-state index is 13.0. The van der Waals surface area contributed by atoms with Crippen molar-refractivity contribution in [3.63, 3.8) is 0 Å². The number of ether oxygens (including phenoxy) is 3.